The molecule has 0 amide bonds. The third-order valence-corrected chi connectivity index (χ3v) is 4.16. The molecule has 0 unspecified atom stereocenters. The molecule has 0 radical (unpaired) electrons. The fraction of sp³-hybridized carbons (Fsp3) is 0.455. The molecule has 1 fully saturated rings. The monoisotopic (exact) mass is 271 g/mol. The summed E-state index contributed by atoms with van der Waals surface area (Å²) in [6, 6.07) is 4.45. The van der Waals surface area contributed by atoms with Crippen molar-refractivity contribution in [1.82, 2.24) is 0 Å². The lowest BCUT2D eigenvalue weighted by Crippen LogP contribution is -2.43. The van der Waals surface area contributed by atoms with E-state index in [1.165, 1.54) is 6.07 Å². The van der Waals surface area contributed by atoms with E-state index in [4.69, 9.17) is 10.9 Å². The Bertz CT molecular complexity index is 553. The van der Waals surface area contributed by atoms with Crippen LogP contribution < -0.4 is 16.2 Å². The van der Waals surface area contributed by atoms with Crippen molar-refractivity contribution in [3.05, 3.63) is 18.2 Å². The van der Waals surface area contributed by atoms with Gasteiger partial charge in [-0.05, 0) is 37.5 Å². The molecule has 6 nitrogen and oxygen atoms in total. The Morgan fingerprint density at radius 1 is 1.39 bits per heavy atom. The van der Waals surface area contributed by atoms with Crippen molar-refractivity contribution < 1.29 is 13.5 Å². The molecular weight excluding hydrogens is 254 g/mol. The van der Waals surface area contributed by atoms with Crippen LogP contribution in [0.2, 0.25) is 0 Å². The van der Waals surface area contributed by atoms with Gasteiger partial charge < -0.3 is 16.2 Å². The molecule has 0 bridgehead atoms. The molecule has 0 heterocycles. The maximum Gasteiger partial charge on any atom is 0.240 e. The van der Waals surface area contributed by atoms with Gasteiger partial charge in [-0.15, -0.1) is 0 Å². The highest BCUT2D eigenvalue weighted by atomic mass is 32.2. The van der Waals surface area contributed by atoms with Crippen molar-refractivity contribution in [2.45, 2.75) is 29.8 Å². The molecular formula is C11H17N3O3S. The first kappa shape index (κ1) is 13.1. The van der Waals surface area contributed by atoms with Gasteiger partial charge in [-0.3, -0.25) is 0 Å². The van der Waals surface area contributed by atoms with Crippen LogP contribution in [0, 0.1) is 0 Å². The Hall–Kier alpha value is -1.31. The van der Waals surface area contributed by atoms with Gasteiger partial charge in [-0.1, -0.05) is 0 Å². The van der Waals surface area contributed by atoms with Crippen LogP contribution in [0.5, 0.6) is 0 Å². The maximum atomic E-state index is 11.4. The number of primary sulfonamides is 1. The van der Waals surface area contributed by atoms with Crippen LogP contribution in [0.4, 0.5) is 11.4 Å². The molecule has 1 aromatic rings. The quantitative estimate of drug-likeness (QED) is 0.585. The van der Waals surface area contributed by atoms with Crippen LogP contribution in [-0.4, -0.2) is 25.7 Å². The van der Waals surface area contributed by atoms with Gasteiger partial charge in [0.15, 0.2) is 0 Å². The van der Waals surface area contributed by atoms with E-state index in [-0.39, 0.29) is 4.90 Å². The number of rotatable bonds is 4. The fourth-order valence-corrected chi connectivity index (χ4v) is 2.69. The lowest BCUT2D eigenvalue weighted by Gasteiger charge is -2.37. The molecule has 0 atom stereocenters. The van der Waals surface area contributed by atoms with Crippen LogP contribution in [0.25, 0.3) is 0 Å². The van der Waals surface area contributed by atoms with E-state index in [0.717, 1.165) is 19.3 Å². The van der Waals surface area contributed by atoms with E-state index in [2.05, 4.69) is 5.32 Å². The second-order valence-electron chi connectivity index (χ2n) is 4.73. The molecule has 0 saturated heterocycles. The van der Waals surface area contributed by atoms with Crippen LogP contribution in [0.3, 0.4) is 0 Å². The number of hydrogen-bond acceptors (Lipinski definition) is 5. The Kier molecular flexibility index (Phi) is 3.22. The zero-order chi connectivity index (χ0) is 13.4. The van der Waals surface area contributed by atoms with E-state index in [1.54, 1.807) is 12.1 Å². The summed E-state index contributed by atoms with van der Waals surface area (Å²) in [5.74, 6) is 0. The first-order chi connectivity index (χ1) is 8.30. The number of aliphatic hydroxyl groups is 1. The Labute approximate surface area is 106 Å². The van der Waals surface area contributed by atoms with Crippen molar-refractivity contribution in [2.24, 2.45) is 5.14 Å². The third-order valence-electron chi connectivity index (χ3n) is 3.20. The average Bonchev–Trinajstić information content (AvgIpc) is 2.23. The standard InChI is InChI=1S/C11H17N3O3S/c12-8-2-3-9(10(6-8)18(13,16)17)14-7-11(15)4-1-5-11/h2-3,6,14-15H,1,4-5,7,12H2,(H2,13,16,17). The number of hydrogen-bond donors (Lipinski definition) is 4. The van der Waals surface area contributed by atoms with E-state index in [0.29, 0.717) is 17.9 Å². The second kappa shape index (κ2) is 4.42. The van der Waals surface area contributed by atoms with E-state index >= 15 is 0 Å². The fourth-order valence-electron chi connectivity index (χ4n) is 1.94. The molecule has 0 aromatic heterocycles. The van der Waals surface area contributed by atoms with Gasteiger partial charge in [0.2, 0.25) is 10.0 Å². The van der Waals surface area contributed by atoms with Crippen molar-refractivity contribution >= 4 is 21.4 Å². The SMILES string of the molecule is Nc1ccc(NCC2(O)CCC2)c(S(N)(=O)=O)c1. The summed E-state index contributed by atoms with van der Waals surface area (Å²) in [7, 11) is -3.84. The second-order valence-corrected chi connectivity index (χ2v) is 6.26. The van der Waals surface area contributed by atoms with Crippen LogP contribution >= 0.6 is 0 Å². The summed E-state index contributed by atoms with van der Waals surface area (Å²) in [6.45, 7) is 0.305. The number of nitrogens with two attached hydrogens (primary N) is 2. The Morgan fingerprint density at radius 3 is 2.56 bits per heavy atom. The van der Waals surface area contributed by atoms with Gasteiger partial charge in [-0.25, -0.2) is 13.6 Å². The topological polar surface area (TPSA) is 118 Å². The summed E-state index contributed by atoms with van der Waals surface area (Å²) < 4.78 is 22.9. The molecule has 100 valence electrons. The number of anilines is 2. The van der Waals surface area contributed by atoms with E-state index in [9.17, 15) is 13.5 Å². The number of sulfonamides is 1. The third kappa shape index (κ3) is 2.74. The Morgan fingerprint density at radius 2 is 2.06 bits per heavy atom. The first-order valence-electron chi connectivity index (χ1n) is 5.69. The molecule has 2 rings (SSSR count). The summed E-state index contributed by atoms with van der Waals surface area (Å²) >= 11 is 0. The summed E-state index contributed by atoms with van der Waals surface area (Å²) in [5, 5.41) is 18.0. The molecule has 1 saturated carbocycles. The van der Waals surface area contributed by atoms with Gasteiger partial charge in [0.05, 0.1) is 11.3 Å². The predicted octanol–water partition coefficient (Wildman–Crippen LogP) is 0.243. The average molecular weight is 271 g/mol. The van der Waals surface area contributed by atoms with Gasteiger partial charge in [0.1, 0.15) is 4.90 Å². The van der Waals surface area contributed by atoms with Gasteiger partial charge in [0, 0.05) is 12.2 Å². The molecule has 1 aromatic carbocycles. The molecule has 0 aliphatic heterocycles. The normalized spacial score (nSPS) is 18.1. The van der Waals surface area contributed by atoms with Crippen LogP contribution in [0.15, 0.2) is 23.1 Å². The molecule has 1 aliphatic rings. The highest BCUT2D eigenvalue weighted by molar-refractivity contribution is 7.89. The highest BCUT2D eigenvalue weighted by Gasteiger charge is 2.34. The minimum Gasteiger partial charge on any atom is -0.399 e. The van der Waals surface area contributed by atoms with Crippen LogP contribution in [-0.2, 0) is 10.0 Å². The molecule has 18 heavy (non-hydrogen) atoms. The van der Waals surface area contributed by atoms with Crippen molar-refractivity contribution in [3.8, 4) is 0 Å². The smallest absolute Gasteiger partial charge is 0.240 e. The van der Waals surface area contributed by atoms with Gasteiger partial charge in [-0.2, -0.15) is 0 Å². The molecule has 7 heteroatoms. The number of nitrogen functional groups attached to an aromatic ring is 1. The summed E-state index contributed by atoms with van der Waals surface area (Å²) in [5.41, 5.74) is 5.50. The largest absolute Gasteiger partial charge is 0.399 e. The highest BCUT2D eigenvalue weighted by Crippen LogP contribution is 2.32. The van der Waals surface area contributed by atoms with E-state index in [1.807, 2.05) is 0 Å². The lowest BCUT2D eigenvalue weighted by atomic mass is 9.80. The lowest BCUT2D eigenvalue weighted by molar-refractivity contribution is -0.0202. The van der Waals surface area contributed by atoms with Gasteiger partial charge in [0.25, 0.3) is 0 Å². The van der Waals surface area contributed by atoms with Crippen molar-refractivity contribution in [1.29, 1.82) is 0 Å². The van der Waals surface area contributed by atoms with Crippen molar-refractivity contribution in [2.75, 3.05) is 17.6 Å². The Balaban J connectivity index is 2.22. The first-order valence-corrected chi connectivity index (χ1v) is 7.23. The zero-order valence-electron chi connectivity index (χ0n) is 9.89. The summed E-state index contributed by atoms with van der Waals surface area (Å²) in [4.78, 5) is -0.0505. The predicted molar refractivity (Wildman–Crippen MR) is 69.5 cm³/mol. The van der Waals surface area contributed by atoms with Crippen LogP contribution in [0.1, 0.15) is 19.3 Å². The van der Waals surface area contributed by atoms with Gasteiger partial charge >= 0.3 is 0 Å². The zero-order valence-corrected chi connectivity index (χ0v) is 10.7. The molecule has 1 aliphatic carbocycles. The maximum absolute atomic E-state index is 11.4. The minimum atomic E-state index is -3.84. The van der Waals surface area contributed by atoms with E-state index < -0.39 is 15.6 Å². The van der Waals surface area contributed by atoms with Crippen molar-refractivity contribution in [3.63, 3.8) is 0 Å². The summed E-state index contributed by atoms with van der Waals surface area (Å²) in [6.07, 6.45) is 2.43. The molecule has 6 N–H and O–H groups in total. The number of benzene rings is 1. The number of nitrogens with one attached hydrogen (secondary N) is 1. The minimum absolute atomic E-state index is 0.0505. The molecule has 0 spiro atoms.